The second-order valence-electron chi connectivity index (χ2n) is 7.36. The highest BCUT2D eigenvalue weighted by atomic mass is 16.5. The zero-order valence-electron chi connectivity index (χ0n) is 17.4. The van der Waals surface area contributed by atoms with Crippen molar-refractivity contribution < 1.29 is 19.4 Å². The number of carbonyl (C=O) groups is 2. The number of hydrogen-bond acceptors (Lipinski definition) is 3. The number of carboxylic acids is 1. The van der Waals surface area contributed by atoms with Crippen molar-refractivity contribution in [2.24, 2.45) is 0 Å². The largest absolute Gasteiger partial charge is 0.482 e. The molecule has 0 aromatic heterocycles. The Morgan fingerprint density at radius 1 is 0.871 bits per heavy atom. The average Bonchev–Trinajstić information content (AvgIpc) is 2.79. The highest BCUT2D eigenvalue weighted by Crippen LogP contribution is 2.23. The van der Waals surface area contributed by atoms with Crippen LogP contribution in [0.1, 0.15) is 35.4 Å². The third-order valence-corrected chi connectivity index (χ3v) is 5.04. The molecule has 0 unspecified atom stereocenters. The van der Waals surface area contributed by atoms with Crippen molar-refractivity contribution in [2.75, 3.05) is 13.2 Å². The molecule has 0 radical (unpaired) electrons. The first-order chi connectivity index (χ1) is 15.1. The van der Waals surface area contributed by atoms with Crippen LogP contribution in [-0.4, -0.2) is 30.1 Å². The Kier molecular flexibility index (Phi) is 8.23. The van der Waals surface area contributed by atoms with Gasteiger partial charge in [-0.05, 0) is 41.7 Å². The summed E-state index contributed by atoms with van der Waals surface area (Å²) in [5.74, 6) is -0.353. The standard InChI is InChI=1S/C26H27NO4/c28-25(16-8-10-20-9-7-15-23(17-20)31-19-26(29)30)27-18-24(21-11-3-1-4-12-21)22-13-5-2-6-14-22/h1-7,9,11-15,17,24H,8,10,16,18-19H2,(H,27,28)(H,29,30). The summed E-state index contributed by atoms with van der Waals surface area (Å²) in [4.78, 5) is 23.1. The average molecular weight is 418 g/mol. The Morgan fingerprint density at radius 3 is 2.13 bits per heavy atom. The van der Waals surface area contributed by atoms with Crippen LogP contribution in [-0.2, 0) is 16.0 Å². The number of rotatable bonds is 11. The summed E-state index contributed by atoms with van der Waals surface area (Å²) in [7, 11) is 0. The van der Waals surface area contributed by atoms with Gasteiger partial charge < -0.3 is 15.2 Å². The van der Waals surface area contributed by atoms with Crippen LogP contribution in [0.3, 0.4) is 0 Å². The van der Waals surface area contributed by atoms with Crippen LogP contribution in [0, 0.1) is 0 Å². The molecule has 0 aliphatic carbocycles. The number of hydrogen-bond donors (Lipinski definition) is 2. The van der Waals surface area contributed by atoms with Gasteiger partial charge in [0.25, 0.3) is 0 Å². The SMILES string of the molecule is O=C(O)COc1cccc(CCCC(=O)NCC(c2ccccc2)c2ccccc2)c1. The minimum atomic E-state index is -1.01. The fourth-order valence-corrected chi connectivity index (χ4v) is 3.49. The quantitative estimate of drug-likeness (QED) is 0.484. The fraction of sp³-hybridized carbons (Fsp3) is 0.231. The summed E-state index contributed by atoms with van der Waals surface area (Å²) in [6, 6.07) is 27.7. The molecule has 0 heterocycles. The summed E-state index contributed by atoms with van der Waals surface area (Å²) >= 11 is 0. The lowest BCUT2D eigenvalue weighted by Gasteiger charge is -2.19. The highest BCUT2D eigenvalue weighted by Gasteiger charge is 2.15. The summed E-state index contributed by atoms with van der Waals surface area (Å²) < 4.78 is 5.21. The Labute approximate surface area is 182 Å². The molecule has 3 aromatic carbocycles. The second-order valence-corrected chi connectivity index (χ2v) is 7.36. The maximum Gasteiger partial charge on any atom is 0.341 e. The van der Waals surface area contributed by atoms with Crippen molar-refractivity contribution in [1.82, 2.24) is 5.32 Å². The van der Waals surface area contributed by atoms with Gasteiger partial charge in [-0.25, -0.2) is 4.79 Å². The summed E-state index contributed by atoms with van der Waals surface area (Å²) in [6.45, 7) is 0.182. The van der Waals surface area contributed by atoms with Gasteiger partial charge in [0.05, 0.1) is 0 Å². The Morgan fingerprint density at radius 2 is 1.52 bits per heavy atom. The molecule has 2 N–H and O–H groups in total. The number of benzene rings is 3. The predicted molar refractivity (Wildman–Crippen MR) is 120 cm³/mol. The lowest BCUT2D eigenvalue weighted by atomic mass is 9.91. The van der Waals surface area contributed by atoms with Crippen molar-refractivity contribution in [2.45, 2.75) is 25.2 Å². The van der Waals surface area contributed by atoms with Crippen LogP contribution in [0.4, 0.5) is 0 Å². The van der Waals surface area contributed by atoms with Gasteiger partial charge in [-0.3, -0.25) is 4.79 Å². The first-order valence-electron chi connectivity index (χ1n) is 10.4. The minimum Gasteiger partial charge on any atom is -0.482 e. The van der Waals surface area contributed by atoms with Crippen molar-refractivity contribution in [3.05, 3.63) is 102 Å². The molecule has 160 valence electrons. The maximum atomic E-state index is 12.4. The van der Waals surface area contributed by atoms with Crippen LogP contribution < -0.4 is 10.1 Å². The third kappa shape index (κ3) is 7.30. The van der Waals surface area contributed by atoms with Crippen molar-refractivity contribution >= 4 is 11.9 Å². The van der Waals surface area contributed by atoms with Crippen LogP contribution in [0.15, 0.2) is 84.9 Å². The van der Waals surface area contributed by atoms with E-state index in [0.29, 0.717) is 25.1 Å². The number of carboxylic acid groups (broad SMARTS) is 1. The van der Waals surface area contributed by atoms with Crippen molar-refractivity contribution in [3.8, 4) is 5.75 Å². The van der Waals surface area contributed by atoms with Crippen LogP contribution >= 0.6 is 0 Å². The molecule has 31 heavy (non-hydrogen) atoms. The molecule has 3 aromatic rings. The van der Waals surface area contributed by atoms with E-state index in [0.717, 1.165) is 12.0 Å². The van der Waals surface area contributed by atoms with Gasteiger partial charge in [0.1, 0.15) is 5.75 Å². The predicted octanol–water partition coefficient (Wildman–Crippen LogP) is 4.42. The zero-order valence-corrected chi connectivity index (χ0v) is 17.4. The third-order valence-electron chi connectivity index (χ3n) is 5.04. The molecule has 5 nitrogen and oxygen atoms in total. The lowest BCUT2D eigenvalue weighted by Crippen LogP contribution is -2.28. The number of amides is 1. The van der Waals surface area contributed by atoms with Gasteiger partial charge in [0.15, 0.2) is 6.61 Å². The van der Waals surface area contributed by atoms with E-state index in [2.05, 4.69) is 29.6 Å². The van der Waals surface area contributed by atoms with Gasteiger partial charge in [0, 0.05) is 18.9 Å². The molecular formula is C26H27NO4. The van der Waals surface area contributed by atoms with Crippen molar-refractivity contribution in [3.63, 3.8) is 0 Å². The van der Waals surface area contributed by atoms with E-state index in [9.17, 15) is 9.59 Å². The van der Waals surface area contributed by atoms with E-state index in [1.807, 2.05) is 54.6 Å². The van der Waals surface area contributed by atoms with Gasteiger partial charge in [-0.2, -0.15) is 0 Å². The molecule has 0 saturated carbocycles. The molecule has 0 saturated heterocycles. The number of ether oxygens (including phenoxy) is 1. The smallest absolute Gasteiger partial charge is 0.341 e. The number of nitrogens with one attached hydrogen (secondary N) is 1. The first kappa shape index (κ1) is 22.1. The lowest BCUT2D eigenvalue weighted by molar-refractivity contribution is -0.139. The molecule has 0 aliphatic heterocycles. The molecule has 0 spiro atoms. The Balaban J connectivity index is 1.50. The van der Waals surface area contributed by atoms with Crippen molar-refractivity contribution in [1.29, 1.82) is 0 Å². The minimum absolute atomic E-state index is 0.0233. The van der Waals surface area contributed by atoms with E-state index >= 15 is 0 Å². The number of carbonyl (C=O) groups excluding carboxylic acids is 1. The van der Waals surface area contributed by atoms with E-state index < -0.39 is 5.97 Å². The number of aliphatic carboxylic acids is 1. The Hall–Kier alpha value is -3.60. The molecule has 1 amide bonds. The first-order valence-corrected chi connectivity index (χ1v) is 10.4. The van der Waals surface area contributed by atoms with E-state index in [1.54, 1.807) is 6.07 Å². The highest BCUT2D eigenvalue weighted by molar-refractivity contribution is 5.76. The van der Waals surface area contributed by atoms with Gasteiger partial charge in [-0.1, -0.05) is 72.8 Å². The maximum absolute atomic E-state index is 12.4. The van der Waals surface area contributed by atoms with Crippen LogP contribution in [0.25, 0.3) is 0 Å². The van der Waals surface area contributed by atoms with Gasteiger partial charge in [0.2, 0.25) is 5.91 Å². The second kappa shape index (κ2) is 11.6. The molecule has 0 atom stereocenters. The molecule has 3 rings (SSSR count). The molecule has 0 aliphatic rings. The van der Waals surface area contributed by atoms with Crippen LogP contribution in [0.2, 0.25) is 0 Å². The normalized spacial score (nSPS) is 10.6. The van der Waals surface area contributed by atoms with Gasteiger partial charge >= 0.3 is 5.97 Å². The Bertz CT molecular complexity index is 933. The number of aryl methyl sites for hydroxylation is 1. The molecule has 0 bridgehead atoms. The molecular weight excluding hydrogens is 390 g/mol. The molecule has 5 heteroatoms. The van der Waals surface area contributed by atoms with E-state index in [1.165, 1.54) is 11.1 Å². The zero-order chi connectivity index (χ0) is 21.9. The van der Waals surface area contributed by atoms with E-state index in [-0.39, 0.29) is 18.4 Å². The van der Waals surface area contributed by atoms with Gasteiger partial charge in [-0.15, -0.1) is 0 Å². The van der Waals surface area contributed by atoms with Crippen LogP contribution in [0.5, 0.6) is 5.75 Å². The summed E-state index contributed by atoms with van der Waals surface area (Å²) in [6.07, 6.45) is 1.85. The fourth-order valence-electron chi connectivity index (χ4n) is 3.49. The topological polar surface area (TPSA) is 75.6 Å². The van der Waals surface area contributed by atoms with E-state index in [4.69, 9.17) is 9.84 Å². The monoisotopic (exact) mass is 417 g/mol. The molecule has 0 fully saturated rings. The summed E-state index contributed by atoms with van der Waals surface area (Å²) in [5, 5.41) is 11.8. The summed E-state index contributed by atoms with van der Waals surface area (Å²) in [5.41, 5.74) is 3.36.